The van der Waals surface area contributed by atoms with E-state index < -0.39 is 6.17 Å². The molecule has 1 N–H and O–H groups in total. The summed E-state index contributed by atoms with van der Waals surface area (Å²) in [6.07, 6.45) is 9.63. The van der Waals surface area contributed by atoms with Crippen LogP contribution >= 0.6 is 0 Å². The average molecular weight is 248 g/mol. The maximum absolute atomic E-state index is 13.2. The highest BCUT2D eigenvalue weighted by Crippen LogP contribution is 2.60. The number of rotatable bonds is 2. The standard InChI is InChI=1S/C15H21FN2/c16-13-5-6-18(9-13)14-3-1-11(2-4-14)15-7-12(15)8-17-10-15/h1-3,12-14,17H,4-10H2. The van der Waals surface area contributed by atoms with Crippen molar-refractivity contribution in [1.29, 1.82) is 0 Å². The first-order chi connectivity index (χ1) is 8.78. The Morgan fingerprint density at radius 2 is 2.39 bits per heavy atom. The van der Waals surface area contributed by atoms with E-state index >= 15 is 0 Å². The number of hydrogen-bond acceptors (Lipinski definition) is 2. The second kappa shape index (κ2) is 3.91. The summed E-state index contributed by atoms with van der Waals surface area (Å²) in [6.45, 7) is 3.92. The van der Waals surface area contributed by atoms with E-state index in [2.05, 4.69) is 28.4 Å². The van der Waals surface area contributed by atoms with Crippen molar-refractivity contribution in [2.45, 2.75) is 31.5 Å². The Morgan fingerprint density at radius 1 is 1.44 bits per heavy atom. The van der Waals surface area contributed by atoms with Crippen LogP contribution < -0.4 is 5.32 Å². The molecule has 1 saturated carbocycles. The lowest BCUT2D eigenvalue weighted by atomic mass is 9.89. The molecule has 4 aliphatic rings. The van der Waals surface area contributed by atoms with Gasteiger partial charge in [-0.3, -0.25) is 4.90 Å². The van der Waals surface area contributed by atoms with Gasteiger partial charge in [-0.1, -0.05) is 18.2 Å². The van der Waals surface area contributed by atoms with Gasteiger partial charge >= 0.3 is 0 Å². The monoisotopic (exact) mass is 248 g/mol. The predicted molar refractivity (Wildman–Crippen MR) is 70.1 cm³/mol. The van der Waals surface area contributed by atoms with Gasteiger partial charge in [-0.15, -0.1) is 0 Å². The van der Waals surface area contributed by atoms with Crippen molar-refractivity contribution >= 4 is 0 Å². The Labute approximate surface area is 108 Å². The molecule has 0 spiro atoms. The van der Waals surface area contributed by atoms with E-state index in [1.54, 1.807) is 5.57 Å². The lowest BCUT2D eigenvalue weighted by Gasteiger charge is -2.27. The molecule has 4 rings (SSSR count). The van der Waals surface area contributed by atoms with Crippen LogP contribution in [0.5, 0.6) is 0 Å². The van der Waals surface area contributed by atoms with Gasteiger partial charge in [0.25, 0.3) is 0 Å². The average Bonchev–Trinajstić information content (AvgIpc) is 2.75. The Morgan fingerprint density at radius 3 is 2.94 bits per heavy atom. The molecule has 0 amide bonds. The van der Waals surface area contributed by atoms with Gasteiger partial charge in [0.2, 0.25) is 0 Å². The fourth-order valence-corrected chi connectivity index (χ4v) is 4.08. The molecule has 0 bridgehead atoms. The molecular formula is C15H21FN2. The molecule has 0 radical (unpaired) electrons. The first-order valence-electron chi connectivity index (χ1n) is 7.26. The molecule has 3 fully saturated rings. The van der Waals surface area contributed by atoms with Gasteiger partial charge in [0, 0.05) is 31.1 Å². The first-order valence-corrected chi connectivity index (χ1v) is 7.26. The quantitative estimate of drug-likeness (QED) is 0.803. The van der Waals surface area contributed by atoms with E-state index in [-0.39, 0.29) is 0 Å². The second-order valence-corrected chi connectivity index (χ2v) is 6.39. The predicted octanol–water partition coefficient (Wildman–Crippen LogP) is 1.89. The maximum Gasteiger partial charge on any atom is 0.114 e. The summed E-state index contributed by atoms with van der Waals surface area (Å²) in [5.74, 6) is 0.881. The van der Waals surface area contributed by atoms with Crippen LogP contribution in [-0.4, -0.2) is 43.3 Å². The zero-order valence-electron chi connectivity index (χ0n) is 10.7. The number of hydrogen-bond donors (Lipinski definition) is 1. The summed E-state index contributed by atoms with van der Waals surface area (Å²) in [6, 6.07) is 0.442. The van der Waals surface area contributed by atoms with Crippen LogP contribution in [0.1, 0.15) is 19.3 Å². The van der Waals surface area contributed by atoms with Crippen LogP contribution in [0.3, 0.4) is 0 Å². The summed E-state index contributed by atoms with van der Waals surface area (Å²) in [4.78, 5) is 2.30. The van der Waals surface area contributed by atoms with E-state index in [1.807, 2.05) is 0 Å². The van der Waals surface area contributed by atoms with Crippen molar-refractivity contribution < 1.29 is 4.39 Å². The molecule has 2 saturated heterocycles. The van der Waals surface area contributed by atoms with Crippen molar-refractivity contribution in [3.8, 4) is 0 Å². The van der Waals surface area contributed by atoms with Crippen molar-refractivity contribution in [2.75, 3.05) is 26.2 Å². The number of likely N-dealkylation sites (tertiary alicyclic amines) is 1. The second-order valence-electron chi connectivity index (χ2n) is 6.39. The van der Waals surface area contributed by atoms with Crippen LogP contribution in [0.15, 0.2) is 23.8 Å². The highest BCUT2D eigenvalue weighted by molar-refractivity contribution is 5.39. The van der Waals surface area contributed by atoms with Gasteiger partial charge in [-0.25, -0.2) is 4.39 Å². The minimum Gasteiger partial charge on any atom is -0.316 e. The molecule has 2 nitrogen and oxygen atoms in total. The number of fused-ring (bicyclic) bond motifs is 1. The Hall–Kier alpha value is -0.670. The van der Waals surface area contributed by atoms with E-state index in [0.29, 0.717) is 18.0 Å². The van der Waals surface area contributed by atoms with Crippen LogP contribution in [0.25, 0.3) is 0 Å². The van der Waals surface area contributed by atoms with Gasteiger partial charge in [0.15, 0.2) is 0 Å². The van der Waals surface area contributed by atoms with Gasteiger partial charge in [0.05, 0.1) is 0 Å². The largest absolute Gasteiger partial charge is 0.316 e. The normalized spacial score (nSPS) is 47.2. The lowest BCUT2D eigenvalue weighted by Crippen LogP contribution is -2.33. The van der Waals surface area contributed by atoms with E-state index in [4.69, 9.17) is 0 Å². The number of nitrogens with zero attached hydrogens (tertiary/aromatic N) is 1. The molecule has 0 aromatic heterocycles. The molecule has 2 aliphatic carbocycles. The molecule has 0 aromatic carbocycles. The highest BCUT2D eigenvalue weighted by atomic mass is 19.1. The minimum absolute atomic E-state index is 0.442. The van der Waals surface area contributed by atoms with Gasteiger partial charge < -0.3 is 5.32 Å². The molecule has 4 atom stereocenters. The maximum atomic E-state index is 13.2. The van der Waals surface area contributed by atoms with Crippen molar-refractivity contribution in [2.24, 2.45) is 11.3 Å². The molecule has 3 heteroatoms. The molecule has 4 unspecified atom stereocenters. The molecule has 18 heavy (non-hydrogen) atoms. The number of alkyl halides is 1. The Bertz CT molecular complexity index is 417. The third-order valence-corrected chi connectivity index (χ3v) is 5.35. The Kier molecular flexibility index (Phi) is 2.43. The summed E-state index contributed by atoms with van der Waals surface area (Å²) in [5.41, 5.74) is 2.03. The molecule has 0 aromatic rings. The third-order valence-electron chi connectivity index (χ3n) is 5.35. The van der Waals surface area contributed by atoms with Gasteiger partial charge in [-0.05, 0) is 37.3 Å². The zero-order chi connectivity index (χ0) is 12.2. The zero-order valence-corrected chi connectivity index (χ0v) is 10.7. The van der Waals surface area contributed by atoms with E-state index in [9.17, 15) is 4.39 Å². The SMILES string of the molecule is FC1CCN(C2C=CC(C34CNCC3C4)=CC2)C1. The van der Waals surface area contributed by atoms with Crippen molar-refractivity contribution in [3.63, 3.8) is 0 Å². The van der Waals surface area contributed by atoms with Crippen LogP contribution in [0, 0.1) is 11.3 Å². The lowest BCUT2D eigenvalue weighted by molar-refractivity contribution is 0.251. The summed E-state index contributed by atoms with van der Waals surface area (Å²) < 4.78 is 13.2. The Balaban J connectivity index is 1.44. The summed E-state index contributed by atoms with van der Waals surface area (Å²) >= 11 is 0. The number of nitrogens with one attached hydrogen (secondary N) is 1. The number of halogens is 1. The molecule has 98 valence electrons. The third kappa shape index (κ3) is 1.60. The van der Waals surface area contributed by atoms with Gasteiger partial charge in [-0.2, -0.15) is 0 Å². The summed E-state index contributed by atoms with van der Waals surface area (Å²) in [5, 5.41) is 3.50. The number of allylic oxidation sites excluding steroid dienone is 1. The fraction of sp³-hybridized carbons (Fsp3) is 0.733. The smallest absolute Gasteiger partial charge is 0.114 e. The van der Waals surface area contributed by atoms with Crippen LogP contribution in [0.2, 0.25) is 0 Å². The van der Waals surface area contributed by atoms with E-state index in [1.165, 1.54) is 13.0 Å². The fourth-order valence-electron chi connectivity index (χ4n) is 4.08. The highest BCUT2D eigenvalue weighted by Gasteiger charge is 2.58. The molecule has 2 aliphatic heterocycles. The van der Waals surface area contributed by atoms with Gasteiger partial charge in [0.1, 0.15) is 6.17 Å². The minimum atomic E-state index is -0.603. The molecular weight excluding hydrogens is 227 g/mol. The van der Waals surface area contributed by atoms with Crippen LogP contribution in [0.4, 0.5) is 4.39 Å². The van der Waals surface area contributed by atoms with Crippen molar-refractivity contribution in [1.82, 2.24) is 10.2 Å². The topological polar surface area (TPSA) is 15.3 Å². The number of piperidine rings is 1. The molecule has 2 heterocycles. The first kappa shape index (κ1) is 11.2. The van der Waals surface area contributed by atoms with Crippen molar-refractivity contribution in [3.05, 3.63) is 23.8 Å². The van der Waals surface area contributed by atoms with E-state index in [0.717, 1.165) is 31.8 Å². The summed E-state index contributed by atoms with van der Waals surface area (Å²) in [7, 11) is 0. The van der Waals surface area contributed by atoms with Crippen LogP contribution in [-0.2, 0) is 0 Å².